The molecule has 7 nitrogen and oxygen atoms in total. The topological polar surface area (TPSA) is 109 Å². The number of aliphatic hydroxyl groups excluding tert-OH is 1. The molecular weight excluding hydrogens is 183 g/mol. The van der Waals surface area contributed by atoms with E-state index in [2.05, 4.69) is 9.31 Å². The van der Waals surface area contributed by atoms with Crippen molar-refractivity contribution in [3.63, 3.8) is 0 Å². The maximum Gasteiger partial charge on any atom is 0.530 e. The van der Waals surface area contributed by atoms with Crippen LogP contribution in [0.5, 0.6) is 0 Å². The first kappa shape index (κ1) is 9.34. The SMILES string of the molecule is C[C@]12OC[C@H](O)[C@@]1(O)O[B-](O)(O)O2. The summed E-state index contributed by atoms with van der Waals surface area (Å²) in [6.07, 6.45) is -1.37. The summed E-state index contributed by atoms with van der Waals surface area (Å²) in [5, 5.41) is 36.9. The smallest absolute Gasteiger partial charge is 0.530 e. The highest BCUT2D eigenvalue weighted by molar-refractivity contribution is 6.51. The lowest BCUT2D eigenvalue weighted by Gasteiger charge is -2.33. The van der Waals surface area contributed by atoms with Crippen LogP contribution in [0.15, 0.2) is 0 Å². The lowest BCUT2D eigenvalue weighted by Crippen LogP contribution is -2.52. The third-order valence-electron chi connectivity index (χ3n) is 2.33. The van der Waals surface area contributed by atoms with E-state index in [1.807, 2.05) is 0 Å². The van der Waals surface area contributed by atoms with Gasteiger partial charge in [0, 0.05) is 0 Å². The van der Waals surface area contributed by atoms with Crippen LogP contribution in [-0.2, 0) is 14.0 Å². The van der Waals surface area contributed by atoms with Crippen LogP contribution in [-0.4, -0.2) is 51.5 Å². The summed E-state index contributed by atoms with van der Waals surface area (Å²) in [7, 11) is 0. The lowest BCUT2D eigenvalue weighted by molar-refractivity contribution is -0.271. The first-order valence-corrected chi connectivity index (χ1v) is 3.82. The van der Waals surface area contributed by atoms with Crippen LogP contribution in [0.1, 0.15) is 6.92 Å². The highest BCUT2D eigenvalue weighted by Crippen LogP contribution is 2.45. The van der Waals surface area contributed by atoms with Crippen molar-refractivity contribution in [2.45, 2.75) is 24.6 Å². The molecule has 13 heavy (non-hydrogen) atoms. The van der Waals surface area contributed by atoms with E-state index in [-0.39, 0.29) is 6.61 Å². The molecule has 0 unspecified atom stereocenters. The largest absolute Gasteiger partial charge is 0.533 e. The summed E-state index contributed by atoms with van der Waals surface area (Å²) in [5.41, 5.74) is 0. The van der Waals surface area contributed by atoms with Crippen molar-refractivity contribution in [3.05, 3.63) is 0 Å². The molecule has 2 fully saturated rings. The maximum atomic E-state index is 9.67. The molecule has 3 atom stereocenters. The Morgan fingerprint density at radius 3 is 2.54 bits per heavy atom. The predicted molar refractivity (Wildman–Crippen MR) is 37.7 cm³/mol. The Balaban J connectivity index is 2.36. The second-order valence-corrected chi connectivity index (χ2v) is 3.34. The summed E-state index contributed by atoms with van der Waals surface area (Å²) in [4.78, 5) is 0. The van der Waals surface area contributed by atoms with Crippen LogP contribution in [0.3, 0.4) is 0 Å². The molecule has 2 aliphatic heterocycles. The molecule has 0 amide bonds. The standard InChI is InChI=1S/C5H10BO7/c1-4-5(8,3(7)2-11-4)13-6(9,10)12-4/h3,7-10H,2H2,1H3/q-1/t3-,4+,5+/m0/s1. The van der Waals surface area contributed by atoms with E-state index < -0.39 is 24.6 Å². The Kier molecular flexibility index (Phi) is 1.60. The maximum absolute atomic E-state index is 9.67. The second-order valence-electron chi connectivity index (χ2n) is 3.34. The number of fused-ring (bicyclic) bond motifs is 1. The molecule has 0 spiro atoms. The molecule has 2 saturated heterocycles. The van der Waals surface area contributed by atoms with Gasteiger partial charge in [0.05, 0.1) is 6.61 Å². The average Bonchev–Trinajstić information content (AvgIpc) is 2.24. The van der Waals surface area contributed by atoms with E-state index in [1.165, 1.54) is 6.92 Å². The Bertz CT molecular complexity index is 245. The van der Waals surface area contributed by atoms with Gasteiger partial charge in [0.15, 0.2) is 5.79 Å². The molecule has 0 radical (unpaired) electrons. The minimum absolute atomic E-state index is 0.195. The van der Waals surface area contributed by atoms with Crippen molar-refractivity contribution < 1.29 is 34.3 Å². The zero-order chi connectivity index (χ0) is 9.91. The molecule has 76 valence electrons. The van der Waals surface area contributed by atoms with Gasteiger partial charge in [-0.2, -0.15) is 0 Å². The van der Waals surface area contributed by atoms with E-state index >= 15 is 0 Å². The number of ether oxygens (including phenoxy) is 1. The number of aliphatic hydroxyl groups is 2. The van der Waals surface area contributed by atoms with Gasteiger partial charge < -0.3 is 34.3 Å². The van der Waals surface area contributed by atoms with Gasteiger partial charge in [-0.15, -0.1) is 0 Å². The van der Waals surface area contributed by atoms with E-state index in [0.717, 1.165) is 0 Å². The van der Waals surface area contributed by atoms with Gasteiger partial charge in [-0.1, -0.05) is 0 Å². The molecule has 0 aromatic rings. The van der Waals surface area contributed by atoms with Crippen LogP contribution < -0.4 is 0 Å². The molecule has 2 heterocycles. The summed E-state index contributed by atoms with van der Waals surface area (Å²) >= 11 is 0. The summed E-state index contributed by atoms with van der Waals surface area (Å²) in [5.74, 6) is -3.97. The van der Waals surface area contributed by atoms with Crippen molar-refractivity contribution in [1.82, 2.24) is 0 Å². The summed E-state index contributed by atoms with van der Waals surface area (Å²) < 4.78 is 13.8. The normalized spacial score (nSPS) is 53.8. The average molecular weight is 193 g/mol. The highest BCUT2D eigenvalue weighted by Gasteiger charge is 2.67. The summed E-state index contributed by atoms with van der Waals surface area (Å²) in [6, 6.07) is 0. The third-order valence-corrected chi connectivity index (χ3v) is 2.33. The Morgan fingerprint density at radius 2 is 2.00 bits per heavy atom. The highest BCUT2D eigenvalue weighted by atomic mass is 16.9. The fourth-order valence-electron chi connectivity index (χ4n) is 1.61. The fraction of sp³-hybridized carbons (Fsp3) is 1.00. The molecule has 4 N–H and O–H groups in total. The first-order chi connectivity index (χ1) is 5.79. The van der Waals surface area contributed by atoms with Crippen molar-refractivity contribution in [3.8, 4) is 0 Å². The number of hydrogen-bond donors (Lipinski definition) is 4. The van der Waals surface area contributed by atoms with Crippen LogP contribution >= 0.6 is 0 Å². The molecule has 0 aliphatic carbocycles. The van der Waals surface area contributed by atoms with Gasteiger partial charge in [-0.3, -0.25) is 0 Å². The van der Waals surface area contributed by atoms with E-state index in [0.29, 0.717) is 0 Å². The molecule has 0 bridgehead atoms. The Morgan fingerprint density at radius 1 is 1.38 bits per heavy atom. The number of rotatable bonds is 0. The van der Waals surface area contributed by atoms with E-state index in [1.54, 1.807) is 0 Å². The summed E-state index contributed by atoms with van der Waals surface area (Å²) in [6.45, 7) is -2.52. The van der Waals surface area contributed by atoms with Gasteiger partial charge >= 0.3 is 6.96 Å². The molecule has 0 aromatic carbocycles. The lowest BCUT2D eigenvalue weighted by atomic mass is 10.1. The van der Waals surface area contributed by atoms with E-state index in [9.17, 15) is 10.2 Å². The fourth-order valence-corrected chi connectivity index (χ4v) is 1.61. The van der Waals surface area contributed by atoms with Crippen molar-refractivity contribution in [2.75, 3.05) is 6.61 Å². The Labute approximate surface area is 73.5 Å². The monoisotopic (exact) mass is 193 g/mol. The number of hydrogen-bond acceptors (Lipinski definition) is 7. The zero-order valence-corrected chi connectivity index (χ0v) is 6.88. The predicted octanol–water partition coefficient (Wildman–Crippen LogP) is -2.75. The third kappa shape index (κ3) is 1.05. The van der Waals surface area contributed by atoms with Gasteiger partial charge in [0.2, 0.25) is 5.79 Å². The van der Waals surface area contributed by atoms with Crippen LogP contribution in [0.2, 0.25) is 0 Å². The minimum Gasteiger partial charge on any atom is -0.533 e. The zero-order valence-electron chi connectivity index (χ0n) is 6.88. The molecule has 2 aliphatic rings. The second kappa shape index (κ2) is 2.23. The van der Waals surface area contributed by atoms with Crippen LogP contribution in [0.25, 0.3) is 0 Å². The molecule has 8 heteroatoms. The molecule has 2 rings (SSSR count). The van der Waals surface area contributed by atoms with Gasteiger partial charge in [0.1, 0.15) is 6.10 Å². The van der Waals surface area contributed by atoms with E-state index in [4.69, 9.17) is 14.8 Å². The van der Waals surface area contributed by atoms with Crippen molar-refractivity contribution in [1.29, 1.82) is 0 Å². The molecular formula is C5H10BO7-. The van der Waals surface area contributed by atoms with Crippen molar-refractivity contribution in [2.24, 2.45) is 0 Å². The molecule has 0 aromatic heterocycles. The van der Waals surface area contributed by atoms with Gasteiger partial charge in [-0.25, -0.2) is 0 Å². The van der Waals surface area contributed by atoms with Crippen LogP contribution in [0, 0.1) is 0 Å². The quantitative estimate of drug-likeness (QED) is 0.309. The van der Waals surface area contributed by atoms with Crippen LogP contribution in [0.4, 0.5) is 0 Å². The minimum atomic E-state index is -3.58. The van der Waals surface area contributed by atoms with Crippen molar-refractivity contribution >= 4 is 6.96 Å². The van der Waals surface area contributed by atoms with Gasteiger partial charge in [0.25, 0.3) is 0 Å². The van der Waals surface area contributed by atoms with Gasteiger partial charge in [-0.05, 0) is 6.92 Å². The first-order valence-electron chi connectivity index (χ1n) is 3.82. The Hall–Kier alpha value is -0.215. The molecule has 0 saturated carbocycles.